The first-order valence-electron chi connectivity index (χ1n) is 9.82. The molecule has 1 atom stereocenters. The molecular formula is C22H25ClN2O4. The third-order valence-corrected chi connectivity index (χ3v) is 5.55. The molecule has 4 rings (SSSR count). The van der Waals surface area contributed by atoms with Crippen LogP contribution in [-0.2, 0) is 11.3 Å². The summed E-state index contributed by atoms with van der Waals surface area (Å²) in [6.45, 7) is 7.87. The lowest BCUT2D eigenvalue weighted by atomic mass is 10.1. The van der Waals surface area contributed by atoms with Crippen molar-refractivity contribution in [2.24, 2.45) is 0 Å². The first kappa shape index (κ1) is 19.9. The summed E-state index contributed by atoms with van der Waals surface area (Å²) in [5.74, 6) is 2.31. The summed E-state index contributed by atoms with van der Waals surface area (Å²) in [5.41, 5.74) is 2.11. The van der Waals surface area contributed by atoms with Gasteiger partial charge in [0.25, 0.3) is 5.91 Å². The normalized spacial score (nSPS) is 17.3. The number of fused-ring (bicyclic) bond motifs is 1. The minimum atomic E-state index is -0.532. The van der Waals surface area contributed by atoms with Crippen LogP contribution in [-0.4, -0.2) is 54.8 Å². The molecule has 2 aliphatic rings. The fraction of sp³-hybridized carbons (Fsp3) is 0.409. The third-order valence-electron chi connectivity index (χ3n) is 5.32. The molecule has 1 fully saturated rings. The molecule has 2 heterocycles. The second kappa shape index (κ2) is 8.51. The summed E-state index contributed by atoms with van der Waals surface area (Å²) < 4.78 is 16.7. The van der Waals surface area contributed by atoms with Gasteiger partial charge < -0.3 is 19.1 Å². The van der Waals surface area contributed by atoms with Crippen LogP contribution in [0.2, 0.25) is 5.02 Å². The number of halogens is 1. The summed E-state index contributed by atoms with van der Waals surface area (Å²) in [5, 5.41) is 0.660. The van der Waals surface area contributed by atoms with Crippen molar-refractivity contribution >= 4 is 17.5 Å². The maximum atomic E-state index is 12.8. The minimum absolute atomic E-state index is 0.0158. The van der Waals surface area contributed by atoms with E-state index < -0.39 is 6.10 Å². The van der Waals surface area contributed by atoms with Crippen LogP contribution in [0.4, 0.5) is 0 Å². The number of carbonyl (C=O) groups excluding carboxylic acids is 1. The topological polar surface area (TPSA) is 51.2 Å². The number of rotatable bonds is 5. The fourth-order valence-corrected chi connectivity index (χ4v) is 3.89. The van der Waals surface area contributed by atoms with Crippen LogP contribution >= 0.6 is 11.6 Å². The van der Waals surface area contributed by atoms with Crippen molar-refractivity contribution in [3.63, 3.8) is 0 Å². The molecule has 2 aliphatic heterocycles. The van der Waals surface area contributed by atoms with Crippen molar-refractivity contribution in [2.45, 2.75) is 26.5 Å². The predicted molar refractivity (Wildman–Crippen MR) is 111 cm³/mol. The Bertz CT molecular complexity index is 896. The number of hydrogen-bond donors (Lipinski definition) is 0. The van der Waals surface area contributed by atoms with Gasteiger partial charge in [0.05, 0.1) is 0 Å². The number of nitrogens with zero attached hydrogens (tertiary/aromatic N) is 2. The second-order valence-electron chi connectivity index (χ2n) is 7.46. The Balaban J connectivity index is 1.29. The van der Waals surface area contributed by atoms with Gasteiger partial charge in [0.15, 0.2) is 17.6 Å². The van der Waals surface area contributed by atoms with Gasteiger partial charge in [-0.1, -0.05) is 17.7 Å². The Hall–Kier alpha value is -2.44. The average Bonchev–Trinajstić information content (AvgIpc) is 3.18. The molecule has 0 spiro atoms. The fourth-order valence-electron chi connectivity index (χ4n) is 3.67. The first-order chi connectivity index (χ1) is 14.0. The zero-order valence-corrected chi connectivity index (χ0v) is 17.4. The standard InChI is InChI=1S/C22H25ClN2O4/c1-15-11-18(23)4-6-19(15)29-16(2)22(26)25-9-7-24(8-10-25)13-17-3-5-20-21(12-17)28-14-27-20/h3-6,11-12,16H,7-10,13-14H2,1-2H3/t16-/m0/s1. The molecule has 0 aromatic heterocycles. The predicted octanol–water partition coefficient (Wildman–Crippen LogP) is 3.49. The zero-order chi connectivity index (χ0) is 20.4. The molecule has 0 N–H and O–H groups in total. The molecule has 2 aromatic carbocycles. The maximum absolute atomic E-state index is 12.8. The van der Waals surface area contributed by atoms with E-state index in [0.717, 1.165) is 36.7 Å². The van der Waals surface area contributed by atoms with Crippen molar-refractivity contribution in [2.75, 3.05) is 33.0 Å². The molecule has 0 bridgehead atoms. The largest absolute Gasteiger partial charge is 0.481 e. The lowest BCUT2D eigenvalue weighted by Crippen LogP contribution is -2.51. The highest BCUT2D eigenvalue weighted by Crippen LogP contribution is 2.33. The number of amides is 1. The van der Waals surface area contributed by atoms with Crippen LogP contribution < -0.4 is 14.2 Å². The summed E-state index contributed by atoms with van der Waals surface area (Å²) >= 11 is 5.99. The number of ether oxygens (including phenoxy) is 3. The monoisotopic (exact) mass is 416 g/mol. The Labute approximate surface area is 175 Å². The number of aryl methyl sites for hydroxylation is 1. The van der Waals surface area contributed by atoms with Crippen LogP contribution in [0, 0.1) is 6.92 Å². The molecule has 0 saturated carbocycles. The van der Waals surface area contributed by atoms with Crippen molar-refractivity contribution < 1.29 is 19.0 Å². The molecule has 154 valence electrons. The van der Waals surface area contributed by atoms with Gasteiger partial charge in [0.1, 0.15) is 5.75 Å². The smallest absolute Gasteiger partial charge is 0.263 e. The number of benzene rings is 2. The third kappa shape index (κ3) is 4.60. The summed E-state index contributed by atoms with van der Waals surface area (Å²) in [7, 11) is 0. The Morgan fingerprint density at radius 3 is 2.62 bits per heavy atom. The van der Waals surface area contributed by atoms with Gasteiger partial charge in [0.2, 0.25) is 6.79 Å². The van der Waals surface area contributed by atoms with E-state index in [2.05, 4.69) is 11.0 Å². The summed E-state index contributed by atoms with van der Waals surface area (Å²) in [4.78, 5) is 17.0. The highest BCUT2D eigenvalue weighted by Gasteiger charge is 2.26. The first-order valence-corrected chi connectivity index (χ1v) is 10.2. The van der Waals surface area contributed by atoms with Crippen LogP contribution in [0.5, 0.6) is 17.2 Å². The van der Waals surface area contributed by atoms with Crippen molar-refractivity contribution in [1.29, 1.82) is 0 Å². The van der Waals surface area contributed by atoms with E-state index in [-0.39, 0.29) is 12.7 Å². The van der Waals surface area contributed by atoms with E-state index in [4.69, 9.17) is 25.8 Å². The molecule has 7 heteroatoms. The SMILES string of the molecule is Cc1cc(Cl)ccc1O[C@@H](C)C(=O)N1CCN(Cc2ccc3c(c2)OCO3)CC1. The van der Waals surface area contributed by atoms with E-state index >= 15 is 0 Å². The molecule has 1 amide bonds. The van der Waals surface area contributed by atoms with Crippen LogP contribution in [0.25, 0.3) is 0 Å². The zero-order valence-electron chi connectivity index (χ0n) is 16.7. The van der Waals surface area contributed by atoms with Gasteiger partial charge in [0, 0.05) is 37.7 Å². The summed E-state index contributed by atoms with van der Waals surface area (Å²) in [6.07, 6.45) is -0.532. The van der Waals surface area contributed by atoms with Crippen LogP contribution in [0.15, 0.2) is 36.4 Å². The van der Waals surface area contributed by atoms with Gasteiger partial charge >= 0.3 is 0 Å². The van der Waals surface area contributed by atoms with E-state index in [1.54, 1.807) is 13.0 Å². The number of carbonyl (C=O) groups is 1. The number of hydrogen-bond acceptors (Lipinski definition) is 5. The molecule has 0 aliphatic carbocycles. The van der Waals surface area contributed by atoms with Crippen LogP contribution in [0.3, 0.4) is 0 Å². The van der Waals surface area contributed by atoms with Gasteiger partial charge in [-0.2, -0.15) is 0 Å². The van der Waals surface area contributed by atoms with E-state index in [0.29, 0.717) is 23.9 Å². The van der Waals surface area contributed by atoms with Crippen LogP contribution in [0.1, 0.15) is 18.1 Å². The van der Waals surface area contributed by atoms with Gasteiger partial charge in [-0.3, -0.25) is 9.69 Å². The minimum Gasteiger partial charge on any atom is -0.481 e. The Morgan fingerprint density at radius 2 is 1.86 bits per heavy atom. The molecule has 0 radical (unpaired) electrons. The van der Waals surface area contributed by atoms with Gasteiger partial charge in [-0.25, -0.2) is 0 Å². The Kier molecular flexibility index (Phi) is 5.83. The van der Waals surface area contributed by atoms with E-state index in [1.807, 2.05) is 36.1 Å². The van der Waals surface area contributed by atoms with Crippen molar-refractivity contribution in [1.82, 2.24) is 9.80 Å². The van der Waals surface area contributed by atoms with E-state index in [9.17, 15) is 4.79 Å². The molecule has 6 nitrogen and oxygen atoms in total. The molecule has 1 saturated heterocycles. The second-order valence-corrected chi connectivity index (χ2v) is 7.90. The Morgan fingerprint density at radius 1 is 1.10 bits per heavy atom. The molecule has 29 heavy (non-hydrogen) atoms. The summed E-state index contributed by atoms with van der Waals surface area (Å²) in [6, 6.07) is 11.5. The van der Waals surface area contributed by atoms with Crippen molar-refractivity contribution in [3.05, 3.63) is 52.5 Å². The molecule has 2 aromatic rings. The lowest BCUT2D eigenvalue weighted by molar-refractivity contribution is -0.139. The van der Waals surface area contributed by atoms with Gasteiger partial charge in [-0.05, 0) is 55.3 Å². The molecule has 0 unspecified atom stereocenters. The lowest BCUT2D eigenvalue weighted by Gasteiger charge is -2.36. The van der Waals surface area contributed by atoms with Gasteiger partial charge in [-0.15, -0.1) is 0 Å². The van der Waals surface area contributed by atoms with E-state index in [1.165, 1.54) is 5.56 Å². The highest BCUT2D eigenvalue weighted by atomic mass is 35.5. The van der Waals surface area contributed by atoms with Crippen molar-refractivity contribution in [3.8, 4) is 17.2 Å². The quantitative estimate of drug-likeness (QED) is 0.746. The maximum Gasteiger partial charge on any atom is 0.263 e. The number of piperazine rings is 1. The molecular weight excluding hydrogens is 392 g/mol. The highest BCUT2D eigenvalue weighted by molar-refractivity contribution is 6.30. The average molecular weight is 417 g/mol.